The third-order valence-corrected chi connectivity index (χ3v) is 3.59. The van der Waals surface area contributed by atoms with Gasteiger partial charge in [-0.2, -0.15) is 0 Å². The molecule has 5 heteroatoms. The SMILES string of the molecule is CCCS(=O)(=O)NCC(C)(C)CCN. The molecule has 0 rings (SSSR count). The zero-order valence-electron chi connectivity index (χ0n) is 9.34. The van der Waals surface area contributed by atoms with E-state index in [1.807, 2.05) is 20.8 Å². The van der Waals surface area contributed by atoms with Crippen LogP contribution in [0.25, 0.3) is 0 Å². The molecule has 0 aliphatic rings. The van der Waals surface area contributed by atoms with Crippen molar-refractivity contribution in [3.05, 3.63) is 0 Å². The van der Waals surface area contributed by atoms with E-state index in [9.17, 15) is 8.42 Å². The highest BCUT2D eigenvalue weighted by Gasteiger charge is 2.19. The van der Waals surface area contributed by atoms with Crippen LogP contribution in [0.1, 0.15) is 33.6 Å². The minimum Gasteiger partial charge on any atom is -0.330 e. The van der Waals surface area contributed by atoms with Gasteiger partial charge in [0.1, 0.15) is 0 Å². The number of nitrogens with two attached hydrogens (primary N) is 1. The van der Waals surface area contributed by atoms with Crippen LogP contribution in [0.5, 0.6) is 0 Å². The van der Waals surface area contributed by atoms with Gasteiger partial charge in [0.05, 0.1) is 5.75 Å². The van der Waals surface area contributed by atoms with Crippen molar-refractivity contribution in [1.82, 2.24) is 4.72 Å². The van der Waals surface area contributed by atoms with Gasteiger partial charge in [-0.05, 0) is 24.8 Å². The van der Waals surface area contributed by atoms with Crippen molar-refractivity contribution < 1.29 is 8.42 Å². The van der Waals surface area contributed by atoms with E-state index in [0.717, 1.165) is 6.42 Å². The van der Waals surface area contributed by atoms with Gasteiger partial charge < -0.3 is 5.73 Å². The van der Waals surface area contributed by atoms with E-state index in [0.29, 0.717) is 19.5 Å². The maximum Gasteiger partial charge on any atom is 0.211 e. The summed E-state index contributed by atoms with van der Waals surface area (Å²) in [5.74, 6) is 0.200. The zero-order chi connectivity index (χ0) is 11.2. The highest BCUT2D eigenvalue weighted by molar-refractivity contribution is 7.89. The lowest BCUT2D eigenvalue weighted by molar-refractivity contribution is 0.340. The summed E-state index contributed by atoms with van der Waals surface area (Å²) < 4.78 is 25.3. The van der Waals surface area contributed by atoms with Crippen molar-refractivity contribution in [1.29, 1.82) is 0 Å². The van der Waals surface area contributed by atoms with Crippen molar-refractivity contribution in [3.8, 4) is 0 Å². The fourth-order valence-electron chi connectivity index (χ4n) is 1.13. The van der Waals surface area contributed by atoms with Gasteiger partial charge in [-0.1, -0.05) is 20.8 Å². The van der Waals surface area contributed by atoms with Gasteiger partial charge in [-0.3, -0.25) is 0 Å². The molecule has 0 atom stereocenters. The molecular weight excluding hydrogens is 200 g/mol. The first-order valence-corrected chi connectivity index (χ1v) is 6.65. The van der Waals surface area contributed by atoms with E-state index in [1.54, 1.807) is 0 Å². The summed E-state index contributed by atoms with van der Waals surface area (Å²) in [5.41, 5.74) is 5.38. The average Bonchev–Trinajstić information content (AvgIpc) is 2.01. The fraction of sp³-hybridized carbons (Fsp3) is 1.00. The third-order valence-electron chi connectivity index (χ3n) is 2.06. The van der Waals surface area contributed by atoms with E-state index >= 15 is 0 Å². The van der Waals surface area contributed by atoms with Gasteiger partial charge in [0.2, 0.25) is 10.0 Å². The number of hydrogen-bond acceptors (Lipinski definition) is 3. The standard InChI is InChI=1S/C9H22N2O2S/c1-4-7-14(12,13)11-8-9(2,3)5-6-10/h11H,4-8,10H2,1-3H3. The summed E-state index contributed by atoms with van der Waals surface area (Å²) in [6.07, 6.45) is 1.47. The molecule has 0 amide bonds. The summed E-state index contributed by atoms with van der Waals surface area (Å²) in [5, 5.41) is 0. The summed E-state index contributed by atoms with van der Waals surface area (Å²) >= 11 is 0. The van der Waals surface area contributed by atoms with Gasteiger partial charge >= 0.3 is 0 Å². The van der Waals surface area contributed by atoms with E-state index in [2.05, 4.69) is 4.72 Å². The predicted molar refractivity (Wildman–Crippen MR) is 59.5 cm³/mol. The normalized spacial score (nSPS) is 13.1. The Morgan fingerprint density at radius 2 is 1.93 bits per heavy atom. The van der Waals surface area contributed by atoms with E-state index in [1.165, 1.54) is 0 Å². The summed E-state index contributed by atoms with van der Waals surface area (Å²) in [4.78, 5) is 0. The number of rotatable bonds is 7. The second kappa shape index (κ2) is 5.68. The van der Waals surface area contributed by atoms with Crippen LogP contribution in [0, 0.1) is 5.41 Å². The smallest absolute Gasteiger partial charge is 0.211 e. The molecule has 0 saturated carbocycles. The number of sulfonamides is 1. The number of nitrogens with one attached hydrogen (secondary N) is 1. The van der Waals surface area contributed by atoms with Crippen LogP contribution in [-0.2, 0) is 10.0 Å². The topological polar surface area (TPSA) is 72.2 Å². The molecule has 0 fully saturated rings. The predicted octanol–water partition coefficient (Wildman–Crippen LogP) is 0.691. The molecule has 0 spiro atoms. The number of hydrogen-bond donors (Lipinski definition) is 2. The second-order valence-electron chi connectivity index (χ2n) is 4.34. The van der Waals surface area contributed by atoms with E-state index in [-0.39, 0.29) is 11.2 Å². The lowest BCUT2D eigenvalue weighted by Crippen LogP contribution is -2.36. The van der Waals surface area contributed by atoms with Gasteiger partial charge in [-0.25, -0.2) is 13.1 Å². The summed E-state index contributed by atoms with van der Waals surface area (Å²) in [7, 11) is -3.07. The second-order valence-corrected chi connectivity index (χ2v) is 6.27. The van der Waals surface area contributed by atoms with Gasteiger partial charge in [0.15, 0.2) is 0 Å². The van der Waals surface area contributed by atoms with Crippen LogP contribution in [-0.4, -0.2) is 27.3 Å². The minimum absolute atomic E-state index is 0.0600. The van der Waals surface area contributed by atoms with Crippen LogP contribution < -0.4 is 10.5 Å². The molecule has 0 aromatic carbocycles. The molecule has 0 aromatic rings. The van der Waals surface area contributed by atoms with Gasteiger partial charge in [-0.15, -0.1) is 0 Å². The molecular formula is C9H22N2O2S. The maximum atomic E-state index is 11.3. The minimum atomic E-state index is -3.07. The highest BCUT2D eigenvalue weighted by Crippen LogP contribution is 2.17. The van der Waals surface area contributed by atoms with Crippen LogP contribution in [0.3, 0.4) is 0 Å². The lowest BCUT2D eigenvalue weighted by atomic mass is 9.90. The highest BCUT2D eigenvalue weighted by atomic mass is 32.2. The largest absolute Gasteiger partial charge is 0.330 e. The van der Waals surface area contributed by atoms with Crippen molar-refractivity contribution in [2.75, 3.05) is 18.8 Å². The van der Waals surface area contributed by atoms with Crippen molar-refractivity contribution in [3.63, 3.8) is 0 Å². The Kier molecular flexibility index (Phi) is 5.63. The molecule has 86 valence electrons. The Bertz CT molecular complexity index is 248. The first-order chi connectivity index (χ1) is 6.33. The Hall–Kier alpha value is -0.130. The van der Waals surface area contributed by atoms with Crippen molar-refractivity contribution in [2.45, 2.75) is 33.6 Å². The molecule has 0 aromatic heterocycles. The van der Waals surface area contributed by atoms with Crippen molar-refractivity contribution in [2.24, 2.45) is 11.1 Å². The molecule has 0 aliphatic carbocycles. The first-order valence-electron chi connectivity index (χ1n) is 5.00. The molecule has 14 heavy (non-hydrogen) atoms. The van der Waals surface area contributed by atoms with Gasteiger partial charge in [0, 0.05) is 6.54 Å². The average molecular weight is 222 g/mol. The first kappa shape index (κ1) is 13.9. The maximum absolute atomic E-state index is 11.3. The van der Waals surface area contributed by atoms with Crippen LogP contribution in [0.2, 0.25) is 0 Å². The Balaban J connectivity index is 4.04. The van der Waals surface area contributed by atoms with Crippen LogP contribution in [0.15, 0.2) is 0 Å². The van der Waals surface area contributed by atoms with Gasteiger partial charge in [0.25, 0.3) is 0 Å². The molecule has 0 saturated heterocycles. The summed E-state index contributed by atoms with van der Waals surface area (Å²) in [6.45, 7) is 6.92. The molecule has 3 N–H and O–H groups in total. The lowest BCUT2D eigenvalue weighted by Gasteiger charge is -2.23. The Morgan fingerprint density at radius 1 is 1.36 bits per heavy atom. The monoisotopic (exact) mass is 222 g/mol. The van der Waals surface area contributed by atoms with E-state index < -0.39 is 10.0 Å². The fourth-order valence-corrected chi connectivity index (χ4v) is 2.42. The Morgan fingerprint density at radius 3 is 2.36 bits per heavy atom. The molecule has 0 unspecified atom stereocenters. The molecule has 0 aliphatic heterocycles. The van der Waals surface area contributed by atoms with Crippen LogP contribution in [0.4, 0.5) is 0 Å². The van der Waals surface area contributed by atoms with E-state index in [4.69, 9.17) is 5.73 Å². The van der Waals surface area contributed by atoms with Crippen LogP contribution >= 0.6 is 0 Å². The summed E-state index contributed by atoms with van der Waals surface area (Å²) in [6, 6.07) is 0. The zero-order valence-corrected chi connectivity index (χ0v) is 10.2. The quantitative estimate of drug-likeness (QED) is 0.665. The molecule has 0 radical (unpaired) electrons. The molecule has 0 heterocycles. The third kappa shape index (κ3) is 6.34. The molecule has 4 nitrogen and oxygen atoms in total. The Labute approximate surface area is 87.3 Å². The van der Waals surface area contributed by atoms with Crippen molar-refractivity contribution >= 4 is 10.0 Å². The molecule has 0 bridgehead atoms.